The standard InChI is InChI=1S/C29H25BrN4O4S/c1-19-31-32-29(34(19)23-11-13-24(37-2)14-12-23)39-28(17-33(35)36)21-10-15-27(26(30)16-21)38-18-22-8-5-7-20-6-3-4-9-25(20)22/h3-16,28H,17-18H2,1-2H3/t28-/m1/s1. The summed E-state index contributed by atoms with van der Waals surface area (Å²) >= 11 is 4.91. The molecule has 198 valence electrons. The first-order valence-corrected chi connectivity index (χ1v) is 13.8. The van der Waals surface area contributed by atoms with Gasteiger partial charge in [0.2, 0.25) is 6.54 Å². The van der Waals surface area contributed by atoms with Gasteiger partial charge in [0, 0.05) is 10.6 Å². The summed E-state index contributed by atoms with van der Waals surface area (Å²) in [6.45, 7) is 1.97. The average Bonchev–Trinajstić information content (AvgIpc) is 3.31. The first kappa shape index (κ1) is 26.7. The highest BCUT2D eigenvalue weighted by molar-refractivity contribution is 9.10. The molecule has 0 unspecified atom stereocenters. The Morgan fingerprint density at radius 2 is 1.79 bits per heavy atom. The molecule has 0 aliphatic heterocycles. The van der Waals surface area contributed by atoms with Gasteiger partial charge in [-0.2, -0.15) is 0 Å². The minimum atomic E-state index is -0.496. The maximum absolute atomic E-state index is 11.6. The molecule has 8 nitrogen and oxygen atoms in total. The van der Waals surface area contributed by atoms with Crippen molar-refractivity contribution in [3.63, 3.8) is 0 Å². The van der Waals surface area contributed by atoms with Crippen molar-refractivity contribution in [3.8, 4) is 17.2 Å². The van der Waals surface area contributed by atoms with Crippen molar-refractivity contribution in [3.05, 3.63) is 116 Å². The van der Waals surface area contributed by atoms with Gasteiger partial charge in [-0.05, 0) is 81.2 Å². The van der Waals surface area contributed by atoms with Gasteiger partial charge in [-0.15, -0.1) is 10.2 Å². The Morgan fingerprint density at radius 3 is 2.54 bits per heavy atom. The van der Waals surface area contributed by atoms with Crippen LogP contribution in [-0.2, 0) is 6.61 Å². The molecule has 0 amide bonds. The fourth-order valence-corrected chi connectivity index (χ4v) is 6.00. The first-order chi connectivity index (χ1) is 18.9. The molecule has 0 radical (unpaired) electrons. The van der Waals surface area contributed by atoms with Crippen molar-refractivity contribution < 1.29 is 14.4 Å². The second-order valence-corrected chi connectivity index (χ2v) is 10.8. The van der Waals surface area contributed by atoms with Gasteiger partial charge in [-0.25, -0.2) is 0 Å². The van der Waals surface area contributed by atoms with Crippen LogP contribution in [0.3, 0.4) is 0 Å². The molecule has 0 fully saturated rings. The Hall–Kier alpha value is -3.89. The van der Waals surface area contributed by atoms with Crippen LogP contribution >= 0.6 is 27.7 Å². The van der Waals surface area contributed by atoms with E-state index in [2.05, 4.69) is 50.4 Å². The highest BCUT2D eigenvalue weighted by atomic mass is 79.9. The summed E-state index contributed by atoms with van der Waals surface area (Å²) in [5.41, 5.74) is 2.71. The van der Waals surface area contributed by atoms with Gasteiger partial charge in [-0.1, -0.05) is 60.3 Å². The van der Waals surface area contributed by atoms with Crippen LogP contribution in [0.2, 0.25) is 0 Å². The lowest BCUT2D eigenvalue weighted by Gasteiger charge is -2.16. The van der Waals surface area contributed by atoms with E-state index in [-0.39, 0.29) is 11.5 Å². The number of halogens is 1. The number of rotatable bonds is 10. The number of fused-ring (bicyclic) bond motifs is 1. The monoisotopic (exact) mass is 604 g/mol. The van der Waals surface area contributed by atoms with Gasteiger partial charge >= 0.3 is 0 Å². The molecule has 0 aliphatic carbocycles. The summed E-state index contributed by atoms with van der Waals surface area (Å²) in [6.07, 6.45) is 0. The number of hydrogen-bond donors (Lipinski definition) is 0. The normalized spacial score (nSPS) is 11.9. The number of nitro groups is 1. The van der Waals surface area contributed by atoms with Crippen LogP contribution in [0.4, 0.5) is 0 Å². The molecule has 0 bridgehead atoms. The molecule has 5 aromatic rings. The maximum atomic E-state index is 11.6. The van der Waals surface area contributed by atoms with E-state index in [4.69, 9.17) is 9.47 Å². The van der Waals surface area contributed by atoms with Crippen LogP contribution in [0.15, 0.2) is 94.6 Å². The van der Waals surface area contributed by atoms with Crippen LogP contribution in [0.1, 0.15) is 22.2 Å². The fourth-order valence-electron chi connectivity index (χ4n) is 4.33. The van der Waals surface area contributed by atoms with E-state index in [1.54, 1.807) is 7.11 Å². The number of benzene rings is 4. The second-order valence-electron chi connectivity index (χ2n) is 8.80. The molecule has 0 spiro atoms. The summed E-state index contributed by atoms with van der Waals surface area (Å²) in [6, 6.07) is 27.4. The smallest absolute Gasteiger partial charge is 0.220 e. The third kappa shape index (κ3) is 6.07. The number of methoxy groups -OCH3 is 1. The molecule has 5 rings (SSSR count). The molecule has 4 aromatic carbocycles. The number of ether oxygens (including phenoxy) is 2. The van der Waals surface area contributed by atoms with E-state index in [0.29, 0.717) is 23.3 Å². The molecule has 39 heavy (non-hydrogen) atoms. The quantitative estimate of drug-likeness (QED) is 0.0945. The highest BCUT2D eigenvalue weighted by Crippen LogP contribution is 2.39. The van der Waals surface area contributed by atoms with Crippen LogP contribution in [0.5, 0.6) is 11.5 Å². The molecular weight excluding hydrogens is 580 g/mol. The van der Waals surface area contributed by atoms with Crippen molar-refractivity contribution in [1.29, 1.82) is 0 Å². The lowest BCUT2D eigenvalue weighted by Crippen LogP contribution is -2.11. The van der Waals surface area contributed by atoms with E-state index in [9.17, 15) is 10.1 Å². The Morgan fingerprint density at radius 1 is 1.03 bits per heavy atom. The largest absolute Gasteiger partial charge is 0.497 e. The third-order valence-electron chi connectivity index (χ3n) is 6.28. The molecule has 10 heteroatoms. The van der Waals surface area contributed by atoms with Crippen LogP contribution in [0, 0.1) is 17.0 Å². The van der Waals surface area contributed by atoms with Gasteiger partial charge < -0.3 is 9.47 Å². The summed E-state index contributed by atoms with van der Waals surface area (Å²) in [7, 11) is 1.61. The predicted octanol–water partition coefficient (Wildman–Crippen LogP) is 7.19. The fraction of sp³-hybridized carbons (Fsp3) is 0.172. The van der Waals surface area contributed by atoms with Crippen LogP contribution in [0.25, 0.3) is 16.5 Å². The maximum Gasteiger partial charge on any atom is 0.220 e. The van der Waals surface area contributed by atoms with Gasteiger partial charge in [0.1, 0.15) is 29.2 Å². The Balaban J connectivity index is 1.38. The Labute approximate surface area is 238 Å². The topological polar surface area (TPSA) is 92.3 Å². The average molecular weight is 606 g/mol. The van der Waals surface area contributed by atoms with Gasteiger partial charge in [0.05, 0.1) is 11.6 Å². The lowest BCUT2D eigenvalue weighted by molar-refractivity contribution is -0.479. The zero-order valence-electron chi connectivity index (χ0n) is 21.3. The third-order valence-corrected chi connectivity index (χ3v) is 8.08. The minimum absolute atomic E-state index is 0.276. The van der Waals surface area contributed by atoms with Gasteiger partial charge in [-0.3, -0.25) is 14.7 Å². The van der Waals surface area contributed by atoms with Crippen molar-refractivity contribution in [2.45, 2.75) is 23.9 Å². The summed E-state index contributed by atoms with van der Waals surface area (Å²) in [5, 5.41) is 22.5. The Bertz CT molecular complexity index is 1620. The molecular formula is C29H25BrN4O4S. The highest BCUT2D eigenvalue weighted by Gasteiger charge is 2.24. The second kappa shape index (κ2) is 11.9. The number of hydrogen-bond acceptors (Lipinski definition) is 7. The molecule has 1 heterocycles. The number of thioether (sulfide) groups is 1. The summed E-state index contributed by atoms with van der Waals surface area (Å²) in [5.74, 6) is 2.08. The van der Waals surface area contributed by atoms with Crippen LogP contribution in [-0.4, -0.2) is 33.3 Å². The lowest BCUT2D eigenvalue weighted by atomic mass is 10.1. The van der Waals surface area contributed by atoms with Crippen molar-refractivity contribution >= 4 is 38.5 Å². The van der Waals surface area contributed by atoms with E-state index in [1.165, 1.54) is 11.8 Å². The molecule has 0 aliphatic rings. The van der Waals surface area contributed by atoms with E-state index >= 15 is 0 Å². The van der Waals surface area contributed by atoms with Gasteiger partial charge in [0.25, 0.3) is 0 Å². The molecule has 0 saturated heterocycles. The molecule has 1 aromatic heterocycles. The van der Waals surface area contributed by atoms with E-state index < -0.39 is 5.25 Å². The van der Waals surface area contributed by atoms with E-state index in [0.717, 1.165) is 37.8 Å². The number of aryl methyl sites for hydroxylation is 1. The summed E-state index contributed by atoms with van der Waals surface area (Å²) in [4.78, 5) is 11.3. The zero-order valence-corrected chi connectivity index (χ0v) is 23.7. The minimum Gasteiger partial charge on any atom is -0.497 e. The first-order valence-electron chi connectivity index (χ1n) is 12.2. The van der Waals surface area contributed by atoms with E-state index in [1.807, 2.05) is 72.2 Å². The number of nitrogens with zero attached hydrogens (tertiary/aromatic N) is 4. The number of aromatic nitrogens is 3. The van der Waals surface area contributed by atoms with Crippen molar-refractivity contribution in [2.75, 3.05) is 13.7 Å². The SMILES string of the molecule is COc1ccc(-n2c(C)nnc2S[C@H](C[N+](=O)[O-])c2ccc(OCc3cccc4ccccc34)c(Br)c2)cc1. The predicted molar refractivity (Wildman–Crippen MR) is 156 cm³/mol. The zero-order chi connectivity index (χ0) is 27.4. The summed E-state index contributed by atoms with van der Waals surface area (Å²) < 4.78 is 14.0. The molecule has 1 atom stereocenters. The molecule has 0 saturated carbocycles. The van der Waals surface area contributed by atoms with Gasteiger partial charge in [0.15, 0.2) is 5.16 Å². The van der Waals surface area contributed by atoms with Crippen LogP contribution < -0.4 is 9.47 Å². The van der Waals surface area contributed by atoms with Crippen molar-refractivity contribution in [2.24, 2.45) is 0 Å². The van der Waals surface area contributed by atoms with Crippen molar-refractivity contribution in [1.82, 2.24) is 14.8 Å². The molecule has 0 N–H and O–H groups in total. The Kier molecular flexibility index (Phi) is 8.13.